The highest BCUT2D eigenvalue weighted by Crippen LogP contribution is 2.14. The van der Waals surface area contributed by atoms with E-state index >= 15 is 0 Å². The van der Waals surface area contributed by atoms with Crippen LogP contribution in [-0.2, 0) is 11.3 Å². The summed E-state index contributed by atoms with van der Waals surface area (Å²) in [6.45, 7) is 0.738. The van der Waals surface area contributed by atoms with E-state index in [-0.39, 0.29) is 0 Å². The van der Waals surface area contributed by atoms with Crippen LogP contribution in [-0.4, -0.2) is 20.7 Å². The third-order valence-electron chi connectivity index (χ3n) is 3.40. The molecule has 0 aliphatic carbocycles. The summed E-state index contributed by atoms with van der Waals surface area (Å²) in [4.78, 5) is 15.3. The van der Waals surface area contributed by atoms with Gasteiger partial charge >= 0.3 is 0 Å². The van der Waals surface area contributed by atoms with Gasteiger partial charge in [-0.25, -0.2) is 10.5 Å². The number of rotatable bonds is 4. The summed E-state index contributed by atoms with van der Waals surface area (Å²) in [6, 6.07) is 15.9. The lowest BCUT2D eigenvalue weighted by atomic mass is 10.1. The lowest BCUT2D eigenvalue weighted by molar-refractivity contribution is -0.124. The molecule has 1 heterocycles. The summed E-state index contributed by atoms with van der Waals surface area (Å²) >= 11 is 0. The van der Waals surface area contributed by atoms with Crippen molar-refractivity contribution < 1.29 is 10.0 Å². The summed E-state index contributed by atoms with van der Waals surface area (Å²) < 4.78 is 2.10. The molecule has 5 heteroatoms. The molecular weight excluding hydrogens is 278 g/mol. The third-order valence-corrected chi connectivity index (χ3v) is 3.40. The molecular formula is C17H15N3O2. The van der Waals surface area contributed by atoms with Gasteiger partial charge in [0, 0.05) is 12.6 Å². The molecule has 0 radical (unpaired) electrons. The van der Waals surface area contributed by atoms with Gasteiger partial charge in [-0.2, -0.15) is 0 Å². The molecule has 1 aromatic heterocycles. The number of hydrogen-bond donors (Lipinski definition) is 2. The van der Waals surface area contributed by atoms with Crippen LogP contribution in [0.25, 0.3) is 17.1 Å². The maximum atomic E-state index is 10.9. The molecule has 110 valence electrons. The average molecular weight is 293 g/mol. The summed E-state index contributed by atoms with van der Waals surface area (Å²) in [5.41, 5.74) is 5.68. The van der Waals surface area contributed by atoms with E-state index in [1.54, 1.807) is 11.6 Å². The van der Waals surface area contributed by atoms with Crippen LogP contribution in [0.4, 0.5) is 0 Å². The molecule has 3 aromatic rings. The number of hydroxylamine groups is 1. The summed E-state index contributed by atoms with van der Waals surface area (Å²) in [6.07, 6.45) is 4.75. The predicted molar refractivity (Wildman–Crippen MR) is 84.2 cm³/mol. The van der Waals surface area contributed by atoms with E-state index in [0.29, 0.717) is 0 Å². The van der Waals surface area contributed by atoms with Gasteiger partial charge in [-0.1, -0.05) is 36.4 Å². The molecule has 22 heavy (non-hydrogen) atoms. The Morgan fingerprint density at radius 3 is 2.73 bits per heavy atom. The van der Waals surface area contributed by atoms with Gasteiger partial charge < -0.3 is 4.57 Å². The van der Waals surface area contributed by atoms with Crippen molar-refractivity contribution in [3.63, 3.8) is 0 Å². The smallest absolute Gasteiger partial charge is 0.267 e. The minimum Gasteiger partial charge on any atom is -0.326 e. The number of para-hydroxylation sites is 2. The van der Waals surface area contributed by atoms with Gasteiger partial charge in [0.1, 0.15) is 0 Å². The minimum absolute atomic E-state index is 0.547. The molecule has 0 fully saturated rings. The maximum Gasteiger partial charge on any atom is 0.267 e. The van der Waals surface area contributed by atoms with Crippen molar-refractivity contribution in [1.29, 1.82) is 0 Å². The normalized spacial score (nSPS) is 11.1. The maximum absolute atomic E-state index is 10.9. The number of hydrogen-bond acceptors (Lipinski definition) is 3. The number of amides is 1. The highest BCUT2D eigenvalue weighted by atomic mass is 16.5. The molecule has 0 unspecified atom stereocenters. The van der Waals surface area contributed by atoms with Gasteiger partial charge in [0.05, 0.1) is 17.4 Å². The highest BCUT2D eigenvalue weighted by molar-refractivity contribution is 5.90. The number of aromatic nitrogens is 2. The van der Waals surface area contributed by atoms with E-state index in [4.69, 9.17) is 5.21 Å². The first-order valence-electron chi connectivity index (χ1n) is 6.87. The summed E-state index contributed by atoms with van der Waals surface area (Å²) in [5, 5.41) is 8.43. The fourth-order valence-corrected chi connectivity index (χ4v) is 2.28. The molecule has 2 aromatic carbocycles. The first kappa shape index (κ1) is 14.0. The Kier molecular flexibility index (Phi) is 3.98. The number of nitrogens with one attached hydrogen (secondary N) is 1. The van der Waals surface area contributed by atoms with Crippen LogP contribution < -0.4 is 5.48 Å². The Hall–Kier alpha value is -2.92. The van der Waals surface area contributed by atoms with Gasteiger partial charge in [-0.05, 0) is 29.3 Å². The van der Waals surface area contributed by atoms with E-state index in [9.17, 15) is 4.79 Å². The average Bonchev–Trinajstić information content (AvgIpc) is 2.97. The van der Waals surface area contributed by atoms with Crippen LogP contribution in [0.2, 0.25) is 0 Å². The van der Waals surface area contributed by atoms with Crippen molar-refractivity contribution in [3.8, 4) is 0 Å². The second-order valence-corrected chi connectivity index (χ2v) is 4.91. The first-order chi connectivity index (χ1) is 10.8. The van der Waals surface area contributed by atoms with Crippen LogP contribution >= 0.6 is 0 Å². The Morgan fingerprint density at radius 2 is 1.95 bits per heavy atom. The molecule has 2 N–H and O–H groups in total. The first-order valence-corrected chi connectivity index (χ1v) is 6.87. The molecule has 0 aliphatic heterocycles. The summed E-state index contributed by atoms with van der Waals surface area (Å²) in [7, 11) is 0. The van der Waals surface area contributed by atoms with E-state index in [0.717, 1.165) is 28.7 Å². The fourth-order valence-electron chi connectivity index (χ4n) is 2.28. The Labute approximate surface area is 127 Å². The monoisotopic (exact) mass is 293 g/mol. The highest BCUT2D eigenvalue weighted by Gasteiger charge is 2.02. The van der Waals surface area contributed by atoms with E-state index < -0.39 is 5.91 Å². The molecule has 3 rings (SSSR count). The van der Waals surface area contributed by atoms with E-state index in [1.807, 2.05) is 54.9 Å². The number of carbonyl (C=O) groups excluding carboxylic acids is 1. The van der Waals surface area contributed by atoms with Crippen molar-refractivity contribution in [2.75, 3.05) is 0 Å². The quantitative estimate of drug-likeness (QED) is 0.441. The molecule has 0 spiro atoms. The lowest BCUT2D eigenvalue weighted by Gasteiger charge is -2.05. The molecule has 1 amide bonds. The molecule has 0 aliphatic rings. The van der Waals surface area contributed by atoms with Gasteiger partial charge in [-0.3, -0.25) is 10.0 Å². The number of nitrogens with zero attached hydrogens (tertiary/aromatic N) is 2. The third kappa shape index (κ3) is 3.05. The van der Waals surface area contributed by atoms with Gasteiger partial charge in [0.2, 0.25) is 0 Å². The second kappa shape index (κ2) is 6.24. The Balaban J connectivity index is 1.76. The van der Waals surface area contributed by atoms with Crippen molar-refractivity contribution in [2.45, 2.75) is 6.54 Å². The zero-order chi connectivity index (χ0) is 15.4. The van der Waals surface area contributed by atoms with Crippen LogP contribution in [0.3, 0.4) is 0 Å². The second-order valence-electron chi connectivity index (χ2n) is 4.91. The van der Waals surface area contributed by atoms with Crippen LogP contribution in [0.15, 0.2) is 60.9 Å². The number of imidazole rings is 1. The van der Waals surface area contributed by atoms with Gasteiger partial charge in [0.15, 0.2) is 0 Å². The van der Waals surface area contributed by atoms with Crippen LogP contribution in [0.1, 0.15) is 11.1 Å². The molecule has 5 nitrogen and oxygen atoms in total. The number of benzene rings is 2. The van der Waals surface area contributed by atoms with Crippen LogP contribution in [0.5, 0.6) is 0 Å². The van der Waals surface area contributed by atoms with Crippen molar-refractivity contribution in [2.24, 2.45) is 0 Å². The SMILES string of the molecule is O=C(C=Cc1ccc(Cn2cnc3ccccc32)cc1)NO. The fraction of sp³-hybridized carbons (Fsp3) is 0.0588. The predicted octanol–water partition coefficient (Wildman–Crippen LogP) is 2.60. The van der Waals surface area contributed by atoms with E-state index in [1.165, 1.54) is 6.08 Å². The molecule has 0 saturated heterocycles. The minimum atomic E-state index is -0.547. The van der Waals surface area contributed by atoms with Crippen molar-refractivity contribution in [1.82, 2.24) is 15.0 Å². The largest absolute Gasteiger partial charge is 0.326 e. The zero-order valence-electron chi connectivity index (χ0n) is 11.8. The zero-order valence-corrected chi connectivity index (χ0v) is 11.8. The Bertz CT molecular complexity index is 819. The number of carbonyl (C=O) groups is 1. The van der Waals surface area contributed by atoms with Crippen molar-refractivity contribution >= 4 is 23.0 Å². The Morgan fingerprint density at radius 1 is 1.18 bits per heavy atom. The van der Waals surface area contributed by atoms with Crippen LogP contribution in [0, 0.1) is 0 Å². The topological polar surface area (TPSA) is 67.2 Å². The number of fused-ring (bicyclic) bond motifs is 1. The van der Waals surface area contributed by atoms with Crippen molar-refractivity contribution in [3.05, 3.63) is 72.1 Å². The standard InChI is InChI=1S/C17H15N3O2/c21-17(19-22)10-9-13-5-7-14(8-6-13)11-20-12-18-15-3-1-2-4-16(15)20/h1-10,12,22H,11H2,(H,19,21). The molecule has 0 atom stereocenters. The molecule has 0 bridgehead atoms. The lowest BCUT2D eigenvalue weighted by Crippen LogP contribution is -2.14. The van der Waals surface area contributed by atoms with Gasteiger partial charge in [-0.15, -0.1) is 0 Å². The van der Waals surface area contributed by atoms with Gasteiger partial charge in [0.25, 0.3) is 5.91 Å². The van der Waals surface area contributed by atoms with E-state index in [2.05, 4.69) is 9.55 Å². The molecule has 0 saturated carbocycles. The summed E-state index contributed by atoms with van der Waals surface area (Å²) in [5.74, 6) is -0.547.